The summed E-state index contributed by atoms with van der Waals surface area (Å²) in [7, 11) is 0. The highest BCUT2D eigenvalue weighted by molar-refractivity contribution is 5.94. The Balaban J connectivity index is 1.56. The molecule has 1 N–H and O–H groups in total. The number of hydrogen-bond acceptors (Lipinski definition) is 5. The van der Waals surface area contributed by atoms with Crippen LogP contribution in [0.5, 0.6) is 11.5 Å². The van der Waals surface area contributed by atoms with E-state index in [4.69, 9.17) is 9.47 Å². The molecule has 1 heterocycles. The van der Waals surface area contributed by atoms with Gasteiger partial charge in [0, 0.05) is 12.2 Å². The number of nitriles is 1. The van der Waals surface area contributed by atoms with Crippen LogP contribution in [-0.4, -0.2) is 35.6 Å². The van der Waals surface area contributed by atoms with Gasteiger partial charge in [-0.25, -0.2) is 4.98 Å². The lowest BCUT2D eigenvalue weighted by Gasteiger charge is -2.21. The van der Waals surface area contributed by atoms with Crippen molar-refractivity contribution in [2.24, 2.45) is 0 Å². The van der Waals surface area contributed by atoms with Crippen LogP contribution in [0.15, 0.2) is 60.7 Å². The van der Waals surface area contributed by atoms with Gasteiger partial charge in [-0.2, -0.15) is 5.26 Å². The summed E-state index contributed by atoms with van der Waals surface area (Å²) in [5.74, 6) is 1.32. The van der Waals surface area contributed by atoms with Crippen molar-refractivity contribution in [3.63, 3.8) is 0 Å². The van der Waals surface area contributed by atoms with Crippen LogP contribution >= 0.6 is 0 Å². The van der Waals surface area contributed by atoms with Crippen molar-refractivity contribution in [2.75, 3.05) is 24.7 Å². The van der Waals surface area contributed by atoms with E-state index in [1.807, 2.05) is 76.2 Å². The summed E-state index contributed by atoms with van der Waals surface area (Å²) in [5, 5.41) is 9.84. The summed E-state index contributed by atoms with van der Waals surface area (Å²) in [5.41, 5.74) is 5.99. The highest BCUT2D eigenvalue weighted by Crippen LogP contribution is 2.31. The number of carbonyl (C=O) groups is 1. The number of hydrogen-bond donors (Lipinski definition) is 1. The molecule has 37 heavy (non-hydrogen) atoms. The second kappa shape index (κ2) is 11.4. The molecule has 0 fully saturated rings. The number of nitrogens with one attached hydrogen (secondary N) is 1. The number of aryl methyl sites for hydroxylation is 2. The lowest BCUT2D eigenvalue weighted by Crippen LogP contribution is -2.34. The average molecular weight is 495 g/mol. The molecule has 0 aliphatic rings. The fourth-order valence-electron chi connectivity index (χ4n) is 4.05. The molecule has 7 heteroatoms. The Hall–Kier alpha value is -4.57. The molecule has 4 aromatic rings. The Labute approximate surface area is 217 Å². The van der Waals surface area contributed by atoms with E-state index < -0.39 is 0 Å². The van der Waals surface area contributed by atoms with Crippen LogP contribution < -0.4 is 14.4 Å². The van der Waals surface area contributed by atoms with Crippen LogP contribution in [-0.2, 0) is 4.79 Å². The van der Waals surface area contributed by atoms with Gasteiger partial charge in [-0.1, -0.05) is 24.3 Å². The molecular formula is C30H30N4O3. The van der Waals surface area contributed by atoms with Crippen LogP contribution in [0, 0.1) is 25.2 Å². The van der Waals surface area contributed by atoms with E-state index in [1.54, 1.807) is 23.1 Å². The fraction of sp³-hybridized carbons (Fsp3) is 0.233. The lowest BCUT2D eigenvalue weighted by atomic mass is 10.1. The number of amides is 1. The molecule has 1 amide bonds. The van der Waals surface area contributed by atoms with E-state index in [0.29, 0.717) is 36.0 Å². The van der Waals surface area contributed by atoms with Gasteiger partial charge in [0.2, 0.25) is 0 Å². The predicted octanol–water partition coefficient (Wildman–Crippen LogP) is 6.07. The third-order valence-electron chi connectivity index (χ3n) is 6.09. The summed E-state index contributed by atoms with van der Waals surface area (Å²) < 4.78 is 11.7. The van der Waals surface area contributed by atoms with E-state index in [1.165, 1.54) is 0 Å². The van der Waals surface area contributed by atoms with E-state index in [0.717, 1.165) is 33.4 Å². The number of benzene rings is 3. The molecule has 3 aromatic carbocycles. The van der Waals surface area contributed by atoms with E-state index in [9.17, 15) is 10.1 Å². The predicted molar refractivity (Wildman–Crippen MR) is 147 cm³/mol. The second-order valence-corrected chi connectivity index (χ2v) is 8.61. The minimum absolute atomic E-state index is 0.126. The Bertz CT molecular complexity index is 1440. The largest absolute Gasteiger partial charge is 0.490 e. The SMILES string of the molecule is CCOc1cc(/C=C(\C#N)c2nc3cc(C)c(C)cc3[nH]2)ccc1OCC(=O)N(CC)c1ccccc1. The van der Waals surface area contributed by atoms with Crippen molar-refractivity contribution in [2.45, 2.75) is 27.7 Å². The maximum absolute atomic E-state index is 12.8. The van der Waals surface area contributed by atoms with Crippen molar-refractivity contribution < 1.29 is 14.3 Å². The summed E-state index contributed by atoms with van der Waals surface area (Å²) >= 11 is 0. The third kappa shape index (κ3) is 5.81. The molecule has 0 unspecified atom stereocenters. The Kier molecular flexibility index (Phi) is 7.89. The minimum atomic E-state index is -0.151. The zero-order chi connectivity index (χ0) is 26.4. The highest BCUT2D eigenvalue weighted by atomic mass is 16.5. The molecule has 4 rings (SSSR count). The van der Waals surface area contributed by atoms with E-state index >= 15 is 0 Å². The highest BCUT2D eigenvalue weighted by Gasteiger charge is 2.16. The van der Waals surface area contributed by atoms with Gasteiger partial charge in [0.15, 0.2) is 18.1 Å². The molecule has 0 radical (unpaired) electrons. The van der Waals surface area contributed by atoms with Gasteiger partial charge in [-0.15, -0.1) is 0 Å². The molecule has 0 aliphatic carbocycles. The number of carbonyl (C=O) groups excluding carboxylic acids is 1. The van der Waals surface area contributed by atoms with Crippen molar-refractivity contribution in [1.82, 2.24) is 9.97 Å². The number of aromatic amines is 1. The molecule has 0 atom stereocenters. The average Bonchev–Trinajstić information content (AvgIpc) is 3.30. The van der Waals surface area contributed by atoms with Gasteiger partial charge < -0.3 is 19.4 Å². The van der Waals surface area contributed by atoms with E-state index in [2.05, 4.69) is 16.0 Å². The third-order valence-corrected chi connectivity index (χ3v) is 6.09. The molecular weight excluding hydrogens is 464 g/mol. The number of ether oxygens (including phenoxy) is 2. The Morgan fingerprint density at radius 1 is 1.03 bits per heavy atom. The molecule has 0 aliphatic heterocycles. The monoisotopic (exact) mass is 494 g/mol. The zero-order valence-corrected chi connectivity index (χ0v) is 21.5. The molecule has 0 spiro atoms. The van der Waals surface area contributed by atoms with Crippen LogP contribution in [0.2, 0.25) is 0 Å². The molecule has 1 aromatic heterocycles. The van der Waals surface area contributed by atoms with Crippen molar-refractivity contribution in [1.29, 1.82) is 5.26 Å². The van der Waals surface area contributed by atoms with E-state index in [-0.39, 0.29) is 12.5 Å². The topological polar surface area (TPSA) is 91.2 Å². The number of nitrogens with zero attached hydrogens (tertiary/aromatic N) is 3. The number of allylic oxidation sites excluding steroid dienone is 1. The second-order valence-electron chi connectivity index (χ2n) is 8.61. The first kappa shape index (κ1) is 25.5. The van der Waals surface area contributed by atoms with Gasteiger partial charge >= 0.3 is 0 Å². The van der Waals surface area contributed by atoms with Crippen molar-refractivity contribution in [3.05, 3.63) is 83.2 Å². The van der Waals surface area contributed by atoms with Gasteiger partial charge in [-0.3, -0.25) is 4.79 Å². The molecule has 0 saturated carbocycles. The van der Waals surface area contributed by atoms with Crippen LogP contribution in [0.1, 0.15) is 36.4 Å². The first-order valence-electron chi connectivity index (χ1n) is 12.3. The van der Waals surface area contributed by atoms with Gasteiger partial charge in [0.05, 0.1) is 23.2 Å². The van der Waals surface area contributed by atoms with Crippen LogP contribution in [0.4, 0.5) is 5.69 Å². The first-order valence-corrected chi connectivity index (χ1v) is 12.3. The summed E-state index contributed by atoms with van der Waals surface area (Å²) in [4.78, 5) is 22.4. The number of aromatic nitrogens is 2. The fourth-order valence-corrected chi connectivity index (χ4v) is 4.05. The number of fused-ring (bicyclic) bond motifs is 1. The van der Waals surface area contributed by atoms with Crippen LogP contribution in [0.25, 0.3) is 22.7 Å². The smallest absolute Gasteiger partial charge is 0.264 e. The molecule has 188 valence electrons. The number of para-hydroxylation sites is 1. The van der Waals surface area contributed by atoms with Gasteiger partial charge in [0.25, 0.3) is 5.91 Å². The normalized spacial score (nSPS) is 11.3. The zero-order valence-electron chi connectivity index (χ0n) is 21.5. The maximum atomic E-state index is 12.8. The molecule has 7 nitrogen and oxygen atoms in total. The minimum Gasteiger partial charge on any atom is -0.490 e. The number of likely N-dealkylation sites (N-methyl/N-ethyl adjacent to an activating group) is 1. The van der Waals surface area contributed by atoms with Crippen molar-refractivity contribution >= 4 is 34.3 Å². The quantitative estimate of drug-likeness (QED) is 0.285. The molecule has 0 saturated heterocycles. The number of imidazole rings is 1. The number of H-pyrrole nitrogens is 1. The summed E-state index contributed by atoms with van der Waals surface area (Å²) in [6.07, 6.45) is 1.75. The maximum Gasteiger partial charge on any atom is 0.264 e. The Morgan fingerprint density at radius 2 is 1.78 bits per heavy atom. The summed E-state index contributed by atoms with van der Waals surface area (Å²) in [6, 6.07) is 21.2. The van der Waals surface area contributed by atoms with Gasteiger partial charge in [-0.05, 0) is 86.9 Å². The van der Waals surface area contributed by atoms with Gasteiger partial charge in [0.1, 0.15) is 11.9 Å². The number of rotatable bonds is 9. The Morgan fingerprint density at radius 3 is 2.49 bits per heavy atom. The first-order chi connectivity index (χ1) is 17.9. The number of anilines is 1. The standard InChI is InChI=1S/C30H30N4O3/c1-5-34(24-10-8-7-9-11-24)29(35)19-37-27-13-12-22(17-28(27)36-6-2)16-23(18-31)30-32-25-14-20(3)21(4)15-26(25)33-30/h7-17H,5-6,19H2,1-4H3,(H,32,33)/b23-16+. The summed E-state index contributed by atoms with van der Waals surface area (Å²) in [6.45, 7) is 8.73. The molecule has 0 bridgehead atoms. The van der Waals surface area contributed by atoms with Crippen LogP contribution in [0.3, 0.4) is 0 Å². The lowest BCUT2D eigenvalue weighted by molar-refractivity contribution is -0.120. The van der Waals surface area contributed by atoms with Crippen molar-refractivity contribution in [3.8, 4) is 17.6 Å².